The van der Waals surface area contributed by atoms with Gasteiger partial charge in [0, 0.05) is 29.5 Å². The maximum atomic E-state index is 10.5. The van der Waals surface area contributed by atoms with Crippen LogP contribution < -0.4 is 4.74 Å². The van der Waals surface area contributed by atoms with Crippen molar-refractivity contribution in [2.45, 2.75) is 0 Å². The molecule has 5 heteroatoms. The lowest BCUT2D eigenvalue weighted by Gasteiger charge is -2.13. The topological polar surface area (TPSA) is 59.7 Å². The second-order valence-electron chi connectivity index (χ2n) is 5.37. The van der Waals surface area contributed by atoms with Gasteiger partial charge in [0.05, 0.1) is 19.0 Å². The summed E-state index contributed by atoms with van der Waals surface area (Å²) in [7, 11) is 1.57. The number of benzene rings is 2. The number of ether oxygens (including phenoxy) is 1. The molecule has 118 valence electrons. The summed E-state index contributed by atoms with van der Waals surface area (Å²) in [5, 5.41) is 14.9. The SMILES string of the molecule is COc1ccc(-c2c(-c3ccccc3)cnc3ccnn23)c(O)c1. The van der Waals surface area contributed by atoms with E-state index in [9.17, 15) is 5.11 Å². The van der Waals surface area contributed by atoms with Crippen LogP contribution in [0.5, 0.6) is 11.5 Å². The summed E-state index contributed by atoms with van der Waals surface area (Å²) in [4.78, 5) is 4.46. The van der Waals surface area contributed by atoms with Crippen LogP contribution in [0.1, 0.15) is 0 Å². The molecule has 0 radical (unpaired) electrons. The van der Waals surface area contributed by atoms with Crippen molar-refractivity contribution in [2.24, 2.45) is 0 Å². The maximum Gasteiger partial charge on any atom is 0.155 e. The van der Waals surface area contributed by atoms with Crippen molar-refractivity contribution < 1.29 is 9.84 Å². The first kappa shape index (κ1) is 14.3. The average Bonchev–Trinajstić information content (AvgIpc) is 3.10. The van der Waals surface area contributed by atoms with Gasteiger partial charge in [-0.1, -0.05) is 30.3 Å². The molecule has 0 atom stereocenters. The molecule has 0 aliphatic rings. The zero-order valence-electron chi connectivity index (χ0n) is 13.0. The smallest absolute Gasteiger partial charge is 0.155 e. The number of rotatable bonds is 3. The fraction of sp³-hybridized carbons (Fsp3) is 0.0526. The molecule has 2 aromatic heterocycles. The zero-order chi connectivity index (χ0) is 16.5. The van der Waals surface area contributed by atoms with Crippen molar-refractivity contribution in [3.8, 4) is 33.9 Å². The Morgan fingerprint density at radius 2 is 1.83 bits per heavy atom. The Labute approximate surface area is 138 Å². The molecule has 1 N–H and O–H groups in total. The maximum absolute atomic E-state index is 10.5. The summed E-state index contributed by atoms with van der Waals surface area (Å²) in [5.74, 6) is 0.734. The number of hydrogen-bond donors (Lipinski definition) is 1. The highest BCUT2D eigenvalue weighted by molar-refractivity contribution is 5.84. The van der Waals surface area contributed by atoms with Gasteiger partial charge in [-0.25, -0.2) is 9.50 Å². The third-order valence-electron chi connectivity index (χ3n) is 3.96. The molecule has 4 rings (SSSR count). The van der Waals surface area contributed by atoms with Crippen molar-refractivity contribution in [1.29, 1.82) is 0 Å². The molecule has 4 aromatic rings. The van der Waals surface area contributed by atoms with Crippen LogP contribution in [0.3, 0.4) is 0 Å². The van der Waals surface area contributed by atoms with Gasteiger partial charge in [-0.05, 0) is 17.7 Å². The first-order chi connectivity index (χ1) is 11.8. The van der Waals surface area contributed by atoms with E-state index in [1.54, 1.807) is 23.9 Å². The van der Waals surface area contributed by atoms with E-state index in [-0.39, 0.29) is 5.75 Å². The summed E-state index contributed by atoms with van der Waals surface area (Å²) >= 11 is 0. The zero-order valence-corrected chi connectivity index (χ0v) is 13.0. The highest BCUT2D eigenvalue weighted by atomic mass is 16.5. The van der Waals surface area contributed by atoms with Crippen LogP contribution in [0.15, 0.2) is 67.0 Å². The standard InChI is InChI=1S/C19H15N3O2/c1-24-14-7-8-15(17(23)11-14)19-16(13-5-3-2-4-6-13)12-20-18-9-10-21-22(18)19/h2-12,23H,1H3. The van der Waals surface area contributed by atoms with Gasteiger partial charge >= 0.3 is 0 Å². The molecule has 2 aromatic carbocycles. The second kappa shape index (κ2) is 5.70. The molecule has 0 spiro atoms. The van der Waals surface area contributed by atoms with Gasteiger partial charge in [0.2, 0.25) is 0 Å². The van der Waals surface area contributed by atoms with E-state index >= 15 is 0 Å². The van der Waals surface area contributed by atoms with Crippen LogP contribution in [0.25, 0.3) is 28.0 Å². The molecule has 5 nitrogen and oxygen atoms in total. The van der Waals surface area contributed by atoms with Gasteiger partial charge in [0.25, 0.3) is 0 Å². The number of aromatic hydroxyl groups is 1. The highest BCUT2D eigenvalue weighted by Gasteiger charge is 2.17. The van der Waals surface area contributed by atoms with E-state index in [2.05, 4.69) is 10.1 Å². The Hall–Kier alpha value is -3.34. The summed E-state index contributed by atoms with van der Waals surface area (Å²) < 4.78 is 6.92. The van der Waals surface area contributed by atoms with E-state index in [0.717, 1.165) is 22.5 Å². The van der Waals surface area contributed by atoms with Gasteiger partial charge in [0.15, 0.2) is 5.65 Å². The highest BCUT2D eigenvalue weighted by Crippen LogP contribution is 2.38. The van der Waals surface area contributed by atoms with Crippen LogP contribution >= 0.6 is 0 Å². The number of aromatic nitrogens is 3. The molecule has 24 heavy (non-hydrogen) atoms. The minimum atomic E-state index is 0.134. The summed E-state index contributed by atoms with van der Waals surface area (Å²) in [6.07, 6.45) is 3.51. The molecular formula is C19H15N3O2. The van der Waals surface area contributed by atoms with Crippen molar-refractivity contribution in [1.82, 2.24) is 14.6 Å². The normalized spacial score (nSPS) is 10.9. The van der Waals surface area contributed by atoms with Gasteiger partial charge < -0.3 is 9.84 Å². The monoisotopic (exact) mass is 317 g/mol. The van der Waals surface area contributed by atoms with E-state index in [1.807, 2.05) is 54.7 Å². The van der Waals surface area contributed by atoms with Crippen LogP contribution in [0.2, 0.25) is 0 Å². The summed E-state index contributed by atoms with van der Waals surface area (Å²) in [5.41, 5.74) is 4.09. The van der Waals surface area contributed by atoms with Crippen LogP contribution in [0, 0.1) is 0 Å². The lowest BCUT2D eigenvalue weighted by Crippen LogP contribution is -1.99. The first-order valence-corrected chi connectivity index (χ1v) is 7.53. The Morgan fingerprint density at radius 1 is 1.00 bits per heavy atom. The molecule has 0 saturated carbocycles. The Balaban J connectivity index is 2.04. The number of phenolic OH excluding ortho intramolecular Hbond substituents is 1. The molecule has 0 amide bonds. The number of phenols is 1. The third-order valence-corrected chi connectivity index (χ3v) is 3.96. The minimum Gasteiger partial charge on any atom is -0.507 e. The Morgan fingerprint density at radius 3 is 2.58 bits per heavy atom. The second-order valence-corrected chi connectivity index (χ2v) is 5.37. The van der Waals surface area contributed by atoms with Crippen LogP contribution in [-0.4, -0.2) is 26.8 Å². The van der Waals surface area contributed by atoms with Gasteiger partial charge in [-0.2, -0.15) is 5.10 Å². The molecule has 0 aliphatic carbocycles. The average molecular weight is 317 g/mol. The van der Waals surface area contributed by atoms with Gasteiger partial charge in [-0.3, -0.25) is 0 Å². The van der Waals surface area contributed by atoms with E-state index in [1.165, 1.54) is 0 Å². The van der Waals surface area contributed by atoms with Crippen LogP contribution in [0.4, 0.5) is 0 Å². The first-order valence-electron chi connectivity index (χ1n) is 7.53. The number of hydrogen-bond acceptors (Lipinski definition) is 4. The predicted octanol–water partition coefficient (Wildman–Crippen LogP) is 3.78. The molecular weight excluding hydrogens is 302 g/mol. The number of methoxy groups -OCH3 is 1. The van der Waals surface area contributed by atoms with Gasteiger partial charge in [-0.15, -0.1) is 0 Å². The van der Waals surface area contributed by atoms with Crippen molar-refractivity contribution in [3.63, 3.8) is 0 Å². The number of fused-ring (bicyclic) bond motifs is 1. The minimum absolute atomic E-state index is 0.134. The predicted molar refractivity (Wildman–Crippen MR) is 92.1 cm³/mol. The molecule has 0 fully saturated rings. The summed E-state index contributed by atoms with van der Waals surface area (Å²) in [6.45, 7) is 0. The fourth-order valence-corrected chi connectivity index (χ4v) is 2.80. The lowest BCUT2D eigenvalue weighted by atomic mass is 10.00. The Kier molecular flexibility index (Phi) is 3.39. The van der Waals surface area contributed by atoms with Crippen LogP contribution in [-0.2, 0) is 0 Å². The van der Waals surface area contributed by atoms with Crippen molar-refractivity contribution in [3.05, 3.63) is 67.0 Å². The Bertz CT molecular complexity index is 1010. The van der Waals surface area contributed by atoms with Crippen molar-refractivity contribution in [2.75, 3.05) is 7.11 Å². The molecule has 0 aliphatic heterocycles. The lowest BCUT2D eigenvalue weighted by molar-refractivity contribution is 0.408. The van der Waals surface area contributed by atoms with E-state index < -0.39 is 0 Å². The van der Waals surface area contributed by atoms with Gasteiger partial charge in [0.1, 0.15) is 11.5 Å². The fourth-order valence-electron chi connectivity index (χ4n) is 2.80. The van der Waals surface area contributed by atoms with E-state index in [4.69, 9.17) is 4.74 Å². The van der Waals surface area contributed by atoms with E-state index in [0.29, 0.717) is 11.3 Å². The molecule has 0 unspecified atom stereocenters. The molecule has 2 heterocycles. The quantitative estimate of drug-likeness (QED) is 0.625. The summed E-state index contributed by atoms with van der Waals surface area (Å²) in [6, 6.07) is 17.0. The molecule has 0 bridgehead atoms. The largest absolute Gasteiger partial charge is 0.507 e. The molecule has 0 saturated heterocycles. The third kappa shape index (κ3) is 2.27. The van der Waals surface area contributed by atoms with Crippen molar-refractivity contribution >= 4 is 5.65 Å². The number of nitrogens with zero attached hydrogens (tertiary/aromatic N) is 3.